The Kier molecular flexibility index (Phi) is 6.87. The minimum absolute atomic E-state index is 0.0357. The molecule has 4 nitrogen and oxygen atoms in total. The van der Waals surface area contributed by atoms with Crippen molar-refractivity contribution in [3.05, 3.63) is 46.8 Å². The summed E-state index contributed by atoms with van der Waals surface area (Å²) in [4.78, 5) is 22.2. The highest BCUT2D eigenvalue weighted by molar-refractivity contribution is 5.92. The van der Waals surface area contributed by atoms with E-state index in [1.165, 1.54) is 6.92 Å². The molecule has 0 unspecified atom stereocenters. The van der Waals surface area contributed by atoms with Gasteiger partial charge in [-0.1, -0.05) is 6.58 Å². The van der Waals surface area contributed by atoms with E-state index in [0.29, 0.717) is 0 Å². The van der Waals surface area contributed by atoms with Crippen LogP contribution in [0.2, 0.25) is 0 Å². The van der Waals surface area contributed by atoms with Crippen molar-refractivity contribution in [2.75, 3.05) is 13.2 Å². The van der Waals surface area contributed by atoms with Gasteiger partial charge in [-0.3, -0.25) is 9.59 Å². The third kappa shape index (κ3) is 4.77. The van der Waals surface area contributed by atoms with Crippen molar-refractivity contribution in [1.29, 1.82) is 0 Å². The second kappa shape index (κ2) is 8.42. The molecule has 0 radical (unpaired) electrons. The first-order chi connectivity index (χ1) is 11.2. The van der Waals surface area contributed by atoms with Gasteiger partial charge in [-0.2, -0.15) is 0 Å². The summed E-state index contributed by atoms with van der Waals surface area (Å²) in [6.07, 6.45) is -0.567. The van der Waals surface area contributed by atoms with Crippen LogP contribution in [-0.4, -0.2) is 25.0 Å². The Morgan fingerprint density at radius 1 is 1.00 bits per heavy atom. The van der Waals surface area contributed by atoms with E-state index in [9.17, 15) is 31.5 Å². The van der Waals surface area contributed by atoms with Crippen LogP contribution in [0.5, 0.6) is 0 Å². The number of carbonyl (C=O) groups is 2. The fraction of sp³-hybridized carbons (Fsp3) is 0.333. The van der Waals surface area contributed by atoms with E-state index >= 15 is 0 Å². The molecule has 0 fully saturated rings. The lowest BCUT2D eigenvalue weighted by Gasteiger charge is -2.10. The minimum Gasteiger partial charge on any atom is -0.466 e. The summed E-state index contributed by atoms with van der Waals surface area (Å²) >= 11 is 0. The van der Waals surface area contributed by atoms with Crippen molar-refractivity contribution in [3.8, 4) is 0 Å². The number of benzene rings is 1. The third-order valence-electron chi connectivity index (χ3n) is 2.99. The first-order valence-electron chi connectivity index (χ1n) is 6.76. The largest absolute Gasteiger partial charge is 0.466 e. The van der Waals surface area contributed by atoms with E-state index in [0.717, 1.165) is 0 Å². The van der Waals surface area contributed by atoms with E-state index < -0.39 is 52.9 Å². The summed E-state index contributed by atoms with van der Waals surface area (Å²) in [5.74, 6) is -11.4. The summed E-state index contributed by atoms with van der Waals surface area (Å²) in [6, 6.07) is 0. The average Bonchev–Trinajstić information content (AvgIpc) is 2.53. The van der Waals surface area contributed by atoms with Gasteiger partial charge in [-0.05, 0) is 6.42 Å². The fourth-order valence-corrected chi connectivity index (χ4v) is 1.73. The molecule has 0 aromatic heterocycles. The molecule has 0 aliphatic carbocycles. The molecule has 0 saturated carbocycles. The molecule has 0 saturated heterocycles. The van der Waals surface area contributed by atoms with E-state index in [2.05, 4.69) is 16.6 Å². The van der Waals surface area contributed by atoms with Crippen molar-refractivity contribution in [2.45, 2.75) is 19.8 Å². The van der Waals surface area contributed by atoms with Gasteiger partial charge in [0, 0.05) is 31.0 Å². The molecule has 0 spiro atoms. The number of amides is 1. The lowest BCUT2D eigenvalue weighted by atomic mass is 10.1. The smallest absolute Gasteiger partial charge is 0.302 e. The maximum Gasteiger partial charge on any atom is 0.302 e. The van der Waals surface area contributed by atoms with Gasteiger partial charge in [-0.15, -0.1) is 0 Å². The number of ether oxygens (including phenoxy) is 1. The van der Waals surface area contributed by atoms with E-state index in [1.54, 1.807) is 0 Å². The average molecular weight is 351 g/mol. The van der Waals surface area contributed by atoms with Crippen LogP contribution < -0.4 is 5.32 Å². The Bertz CT molecular complexity index is 647. The van der Waals surface area contributed by atoms with Gasteiger partial charge in [0.05, 0.1) is 6.61 Å². The van der Waals surface area contributed by atoms with Crippen LogP contribution in [0.3, 0.4) is 0 Å². The lowest BCUT2D eigenvalue weighted by molar-refractivity contribution is -0.141. The Hall–Kier alpha value is -2.45. The molecule has 24 heavy (non-hydrogen) atoms. The number of hydrogen-bond acceptors (Lipinski definition) is 3. The molecule has 0 heterocycles. The molecule has 1 N–H and O–H groups in total. The summed E-state index contributed by atoms with van der Waals surface area (Å²) in [7, 11) is 0. The Labute approximate surface area is 134 Å². The van der Waals surface area contributed by atoms with E-state index in [-0.39, 0.29) is 25.1 Å². The van der Waals surface area contributed by atoms with Crippen LogP contribution in [0, 0.1) is 29.1 Å². The van der Waals surface area contributed by atoms with E-state index in [1.807, 2.05) is 0 Å². The quantitative estimate of drug-likeness (QED) is 0.270. The first kappa shape index (κ1) is 19.6. The number of carbonyl (C=O) groups excluding carboxylic acids is 2. The Morgan fingerprint density at radius 3 is 2.00 bits per heavy atom. The fourth-order valence-electron chi connectivity index (χ4n) is 1.73. The third-order valence-corrected chi connectivity index (χ3v) is 2.99. The molecule has 9 heteroatoms. The maximum atomic E-state index is 13.4. The zero-order valence-corrected chi connectivity index (χ0v) is 12.7. The molecular weight excluding hydrogens is 337 g/mol. The van der Waals surface area contributed by atoms with Crippen molar-refractivity contribution < 1.29 is 36.3 Å². The van der Waals surface area contributed by atoms with Crippen LogP contribution in [0.1, 0.15) is 18.9 Å². The number of nitrogens with one attached hydrogen (secondary N) is 1. The monoisotopic (exact) mass is 351 g/mol. The SMILES string of the molecule is C=C(CCOC(C)=O)C(=O)NCCc1c(F)c(F)c(F)c(F)c1F. The highest BCUT2D eigenvalue weighted by atomic mass is 19.2. The van der Waals surface area contributed by atoms with Crippen molar-refractivity contribution >= 4 is 11.9 Å². The second-order valence-electron chi connectivity index (χ2n) is 4.75. The van der Waals surface area contributed by atoms with Crippen LogP contribution in [0.25, 0.3) is 0 Å². The van der Waals surface area contributed by atoms with Crippen molar-refractivity contribution in [1.82, 2.24) is 5.32 Å². The Balaban J connectivity index is 2.61. The number of hydrogen-bond donors (Lipinski definition) is 1. The van der Waals surface area contributed by atoms with Gasteiger partial charge < -0.3 is 10.1 Å². The molecule has 1 rings (SSSR count). The van der Waals surface area contributed by atoms with Gasteiger partial charge >= 0.3 is 5.97 Å². The predicted octanol–water partition coefficient (Wildman–Crippen LogP) is 2.55. The Morgan fingerprint density at radius 2 is 1.50 bits per heavy atom. The molecule has 1 aromatic carbocycles. The zero-order valence-electron chi connectivity index (χ0n) is 12.7. The van der Waals surface area contributed by atoms with Crippen LogP contribution in [0.4, 0.5) is 22.0 Å². The first-order valence-corrected chi connectivity index (χ1v) is 6.76. The standard InChI is InChI=1S/C15H14F5NO3/c1-7(4-6-24-8(2)22)15(23)21-5-3-9-10(16)12(18)14(20)13(19)11(9)17/h1,3-6H2,2H3,(H,21,23). The van der Waals surface area contributed by atoms with Crippen molar-refractivity contribution in [3.63, 3.8) is 0 Å². The minimum atomic E-state index is -2.24. The second-order valence-corrected chi connectivity index (χ2v) is 4.75. The van der Waals surface area contributed by atoms with Crippen LogP contribution >= 0.6 is 0 Å². The number of halogens is 5. The molecule has 1 aromatic rings. The summed E-state index contributed by atoms with van der Waals surface area (Å²) in [5.41, 5.74) is -0.981. The van der Waals surface area contributed by atoms with Gasteiger partial charge in [0.25, 0.3) is 0 Å². The van der Waals surface area contributed by atoms with Crippen LogP contribution in [0.15, 0.2) is 12.2 Å². The van der Waals surface area contributed by atoms with Gasteiger partial charge in [-0.25, -0.2) is 22.0 Å². The molecule has 0 aliphatic heterocycles. The normalized spacial score (nSPS) is 10.4. The highest BCUT2D eigenvalue weighted by Crippen LogP contribution is 2.23. The van der Waals surface area contributed by atoms with Gasteiger partial charge in [0.1, 0.15) is 0 Å². The van der Waals surface area contributed by atoms with Crippen molar-refractivity contribution in [2.24, 2.45) is 0 Å². The lowest BCUT2D eigenvalue weighted by Crippen LogP contribution is -2.28. The number of esters is 1. The molecular formula is C15H14F5NO3. The van der Waals surface area contributed by atoms with Gasteiger partial charge in [0.15, 0.2) is 23.3 Å². The topological polar surface area (TPSA) is 55.4 Å². The van der Waals surface area contributed by atoms with Gasteiger partial charge in [0.2, 0.25) is 11.7 Å². The highest BCUT2D eigenvalue weighted by Gasteiger charge is 2.25. The summed E-state index contributed by atoms with van der Waals surface area (Å²) in [6.45, 7) is 4.18. The molecule has 1 amide bonds. The molecule has 132 valence electrons. The predicted molar refractivity (Wildman–Crippen MR) is 73.3 cm³/mol. The summed E-state index contributed by atoms with van der Waals surface area (Å²) in [5, 5.41) is 2.23. The molecule has 0 atom stereocenters. The van der Waals surface area contributed by atoms with Crippen LogP contribution in [-0.2, 0) is 20.7 Å². The maximum absolute atomic E-state index is 13.4. The molecule has 0 bridgehead atoms. The molecule has 0 aliphatic rings. The summed E-state index contributed by atoms with van der Waals surface area (Å²) < 4.78 is 70.4. The van der Waals surface area contributed by atoms with E-state index in [4.69, 9.17) is 0 Å². The zero-order chi connectivity index (χ0) is 18.4. The number of rotatable bonds is 7.